The van der Waals surface area contributed by atoms with Crippen molar-refractivity contribution >= 4 is 23.6 Å². The molecule has 0 aliphatic carbocycles. The van der Waals surface area contributed by atoms with Gasteiger partial charge in [0, 0.05) is 4.90 Å². The molecule has 0 spiro atoms. The van der Waals surface area contributed by atoms with Crippen LogP contribution in [0, 0.1) is 20.8 Å². The van der Waals surface area contributed by atoms with Gasteiger partial charge in [-0.15, -0.1) is 11.8 Å². The lowest BCUT2D eigenvalue weighted by Crippen LogP contribution is -2.44. The maximum atomic E-state index is 11.8. The van der Waals surface area contributed by atoms with E-state index < -0.39 is 5.91 Å². The number of thioether (sulfide) groups is 1. The summed E-state index contributed by atoms with van der Waals surface area (Å²) in [5, 5.41) is 0. The van der Waals surface area contributed by atoms with Crippen molar-refractivity contribution in [2.24, 2.45) is 0 Å². The lowest BCUT2D eigenvalue weighted by molar-refractivity contribution is -0.128. The molecular weight excluding hydrogens is 336 g/mol. The molecule has 6 heteroatoms. The Balaban J connectivity index is 1.71. The van der Waals surface area contributed by atoms with Crippen LogP contribution in [0.25, 0.3) is 0 Å². The molecule has 5 nitrogen and oxygen atoms in total. The third-order valence-electron chi connectivity index (χ3n) is 3.50. The Labute approximate surface area is 152 Å². The van der Waals surface area contributed by atoms with Crippen LogP contribution in [0.5, 0.6) is 5.75 Å². The average molecular weight is 358 g/mol. The van der Waals surface area contributed by atoms with Crippen molar-refractivity contribution in [3.05, 3.63) is 59.2 Å². The molecule has 132 valence electrons. The van der Waals surface area contributed by atoms with Crippen molar-refractivity contribution in [2.75, 3.05) is 12.4 Å². The third-order valence-corrected chi connectivity index (χ3v) is 4.67. The summed E-state index contributed by atoms with van der Waals surface area (Å²) in [6, 6.07) is 13.6. The maximum absolute atomic E-state index is 11.8. The molecule has 2 aromatic carbocycles. The summed E-state index contributed by atoms with van der Waals surface area (Å²) in [6.07, 6.45) is 0. The zero-order chi connectivity index (χ0) is 18.2. The summed E-state index contributed by atoms with van der Waals surface area (Å²) in [7, 11) is 0. The molecule has 0 atom stereocenters. The standard InChI is InChI=1S/C19H22N2O3S/c1-13-8-9-14(2)16(10-13)24-11-18(22)20-21-19(23)12-25-17-7-5-4-6-15(17)3/h4-10H,11-12H2,1-3H3,(H,20,22)(H,21,23). The topological polar surface area (TPSA) is 67.4 Å². The van der Waals surface area contributed by atoms with Crippen LogP contribution in [0.3, 0.4) is 0 Å². The molecule has 2 amide bonds. The van der Waals surface area contributed by atoms with Crippen LogP contribution in [-0.2, 0) is 9.59 Å². The van der Waals surface area contributed by atoms with Gasteiger partial charge in [-0.3, -0.25) is 20.4 Å². The van der Waals surface area contributed by atoms with E-state index in [2.05, 4.69) is 10.9 Å². The number of rotatable bonds is 6. The molecule has 2 N–H and O–H groups in total. The SMILES string of the molecule is Cc1ccc(C)c(OCC(=O)NNC(=O)CSc2ccccc2C)c1. The highest BCUT2D eigenvalue weighted by Crippen LogP contribution is 2.21. The van der Waals surface area contributed by atoms with Crippen molar-refractivity contribution in [3.8, 4) is 5.75 Å². The Bertz CT molecular complexity index is 762. The van der Waals surface area contributed by atoms with E-state index in [-0.39, 0.29) is 18.3 Å². The van der Waals surface area contributed by atoms with Gasteiger partial charge >= 0.3 is 0 Å². The summed E-state index contributed by atoms with van der Waals surface area (Å²) < 4.78 is 5.49. The normalized spacial score (nSPS) is 10.2. The molecule has 2 aromatic rings. The second kappa shape index (κ2) is 9.13. The summed E-state index contributed by atoms with van der Waals surface area (Å²) >= 11 is 1.43. The molecule has 0 aliphatic rings. The maximum Gasteiger partial charge on any atom is 0.276 e. The lowest BCUT2D eigenvalue weighted by Gasteiger charge is -2.11. The number of nitrogens with one attached hydrogen (secondary N) is 2. The van der Waals surface area contributed by atoms with Crippen LogP contribution in [0.4, 0.5) is 0 Å². The first-order chi connectivity index (χ1) is 12.0. The van der Waals surface area contributed by atoms with Crippen LogP contribution in [0.15, 0.2) is 47.4 Å². The fourth-order valence-electron chi connectivity index (χ4n) is 2.08. The highest BCUT2D eigenvalue weighted by Gasteiger charge is 2.08. The van der Waals surface area contributed by atoms with Gasteiger partial charge in [0.1, 0.15) is 5.75 Å². The molecule has 0 heterocycles. The van der Waals surface area contributed by atoms with Crippen molar-refractivity contribution < 1.29 is 14.3 Å². The number of carbonyl (C=O) groups is 2. The molecular formula is C19H22N2O3S. The molecule has 0 unspecified atom stereocenters. The Morgan fingerprint density at radius 2 is 1.68 bits per heavy atom. The molecule has 0 aromatic heterocycles. The first kappa shape index (κ1) is 18.9. The second-order valence-corrected chi connectivity index (χ2v) is 6.73. The van der Waals surface area contributed by atoms with E-state index >= 15 is 0 Å². The number of hydrazine groups is 1. The fourth-order valence-corrected chi connectivity index (χ4v) is 2.91. The van der Waals surface area contributed by atoms with Gasteiger partial charge in [-0.1, -0.05) is 30.3 Å². The minimum absolute atomic E-state index is 0.157. The number of hydrogen-bond acceptors (Lipinski definition) is 4. The van der Waals surface area contributed by atoms with Gasteiger partial charge in [-0.25, -0.2) is 0 Å². The van der Waals surface area contributed by atoms with E-state index in [0.717, 1.165) is 21.6 Å². The van der Waals surface area contributed by atoms with E-state index in [1.807, 2.05) is 63.2 Å². The Morgan fingerprint density at radius 3 is 2.44 bits per heavy atom. The predicted molar refractivity (Wildman–Crippen MR) is 99.6 cm³/mol. The number of hydrogen-bond donors (Lipinski definition) is 2. The van der Waals surface area contributed by atoms with Gasteiger partial charge in [0.2, 0.25) is 5.91 Å². The highest BCUT2D eigenvalue weighted by molar-refractivity contribution is 8.00. The molecule has 0 bridgehead atoms. The number of aryl methyl sites for hydroxylation is 3. The van der Waals surface area contributed by atoms with E-state index in [1.54, 1.807) is 0 Å². The molecule has 0 radical (unpaired) electrons. The summed E-state index contributed by atoms with van der Waals surface area (Å²) in [6.45, 7) is 5.71. The van der Waals surface area contributed by atoms with Gasteiger partial charge < -0.3 is 4.74 Å². The smallest absolute Gasteiger partial charge is 0.276 e. The van der Waals surface area contributed by atoms with Gasteiger partial charge in [0.05, 0.1) is 5.75 Å². The number of benzene rings is 2. The average Bonchev–Trinajstić information content (AvgIpc) is 2.60. The number of amides is 2. The van der Waals surface area contributed by atoms with Crippen molar-refractivity contribution in [1.29, 1.82) is 0 Å². The van der Waals surface area contributed by atoms with E-state index in [4.69, 9.17) is 4.74 Å². The van der Waals surface area contributed by atoms with Crippen LogP contribution in [0.2, 0.25) is 0 Å². The Morgan fingerprint density at radius 1 is 0.960 bits per heavy atom. The number of carbonyl (C=O) groups excluding carboxylic acids is 2. The minimum Gasteiger partial charge on any atom is -0.483 e. The predicted octanol–water partition coefficient (Wildman–Crippen LogP) is 2.93. The first-order valence-corrected chi connectivity index (χ1v) is 8.90. The van der Waals surface area contributed by atoms with E-state index in [1.165, 1.54) is 11.8 Å². The molecule has 0 fully saturated rings. The largest absolute Gasteiger partial charge is 0.483 e. The van der Waals surface area contributed by atoms with Crippen molar-refractivity contribution in [2.45, 2.75) is 25.7 Å². The summed E-state index contributed by atoms with van der Waals surface area (Å²) in [4.78, 5) is 24.6. The van der Waals surface area contributed by atoms with E-state index in [0.29, 0.717) is 5.75 Å². The number of ether oxygens (including phenoxy) is 1. The van der Waals surface area contributed by atoms with Crippen LogP contribution in [0.1, 0.15) is 16.7 Å². The Hall–Kier alpha value is -2.47. The minimum atomic E-state index is -0.407. The lowest BCUT2D eigenvalue weighted by atomic mass is 10.1. The van der Waals surface area contributed by atoms with Crippen molar-refractivity contribution in [3.63, 3.8) is 0 Å². The molecule has 0 saturated heterocycles. The zero-order valence-electron chi connectivity index (χ0n) is 14.6. The van der Waals surface area contributed by atoms with Gasteiger partial charge in [-0.2, -0.15) is 0 Å². The van der Waals surface area contributed by atoms with Crippen molar-refractivity contribution in [1.82, 2.24) is 10.9 Å². The van der Waals surface area contributed by atoms with Crippen LogP contribution >= 0.6 is 11.8 Å². The fraction of sp³-hybridized carbons (Fsp3) is 0.263. The first-order valence-electron chi connectivity index (χ1n) is 7.92. The zero-order valence-corrected chi connectivity index (χ0v) is 15.4. The molecule has 2 rings (SSSR count). The molecule has 0 aliphatic heterocycles. The summed E-state index contributed by atoms with van der Waals surface area (Å²) in [5.74, 6) is 0.211. The van der Waals surface area contributed by atoms with Crippen LogP contribution < -0.4 is 15.6 Å². The highest BCUT2D eigenvalue weighted by atomic mass is 32.2. The van der Waals surface area contributed by atoms with Gasteiger partial charge in [-0.05, 0) is 49.6 Å². The van der Waals surface area contributed by atoms with Crippen LogP contribution in [-0.4, -0.2) is 24.2 Å². The van der Waals surface area contributed by atoms with Gasteiger partial charge in [0.15, 0.2) is 6.61 Å². The monoisotopic (exact) mass is 358 g/mol. The molecule has 0 saturated carbocycles. The Kier molecular flexibility index (Phi) is 6.89. The second-order valence-electron chi connectivity index (χ2n) is 5.71. The third kappa shape index (κ3) is 6.15. The molecule has 25 heavy (non-hydrogen) atoms. The van der Waals surface area contributed by atoms with E-state index in [9.17, 15) is 9.59 Å². The quantitative estimate of drug-likeness (QED) is 0.615. The summed E-state index contributed by atoms with van der Waals surface area (Å²) in [5.41, 5.74) is 7.89. The van der Waals surface area contributed by atoms with Gasteiger partial charge in [0.25, 0.3) is 5.91 Å².